The molecule has 0 spiro atoms. The van der Waals surface area contributed by atoms with E-state index in [1.807, 2.05) is 12.1 Å². The van der Waals surface area contributed by atoms with Crippen LogP contribution in [0.15, 0.2) is 29.2 Å². The second-order valence-electron chi connectivity index (χ2n) is 6.11. The second kappa shape index (κ2) is 7.42. The Morgan fingerprint density at radius 3 is 2.45 bits per heavy atom. The molecule has 0 aliphatic heterocycles. The highest BCUT2D eigenvalue weighted by Gasteiger charge is 2.21. The molecular weight excluding hydrogens is 316 g/mol. The number of hydrogen-bond donors (Lipinski definition) is 2. The molecule has 122 valence electrons. The molecule has 6 heteroatoms. The first-order valence-corrected chi connectivity index (χ1v) is 9.99. The average molecular weight is 341 g/mol. The topological polar surface area (TPSA) is 58.2 Å². The van der Waals surface area contributed by atoms with Crippen molar-refractivity contribution in [1.82, 2.24) is 10.6 Å². The van der Waals surface area contributed by atoms with Gasteiger partial charge in [-0.15, -0.1) is 0 Å². The maximum absolute atomic E-state index is 11.4. The minimum atomic E-state index is -3.13. The van der Waals surface area contributed by atoms with Crippen LogP contribution < -0.4 is 10.6 Å². The van der Waals surface area contributed by atoms with E-state index in [1.165, 1.54) is 31.9 Å². The summed E-state index contributed by atoms with van der Waals surface area (Å²) in [5, 5.41) is 7.27. The van der Waals surface area contributed by atoms with Gasteiger partial charge in [-0.25, -0.2) is 8.42 Å². The van der Waals surface area contributed by atoms with Crippen molar-refractivity contribution in [1.29, 1.82) is 0 Å². The van der Waals surface area contributed by atoms with Gasteiger partial charge in [0.1, 0.15) is 0 Å². The fourth-order valence-corrected chi connectivity index (χ4v) is 3.64. The zero-order valence-electron chi connectivity index (χ0n) is 13.1. The Hall–Kier alpha value is -1.14. The van der Waals surface area contributed by atoms with Gasteiger partial charge in [0.15, 0.2) is 14.9 Å². The number of sulfone groups is 1. The molecule has 0 amide bonds. The second-order valence-corrected chi connectivity index (χ2v) is 8.54. The summed E-state index contributed by atoms with van der Waals surface area (Å²) in [5.41, 5.74) is 1.01. The van der Waals surface area contributed by atoms with Gasteiger partial charge in [-0.05, 0) is 48.7 Å². The number of benzene rings is 1. The molecule has 1 fully saturated rings. The summed E-state index contributed by atoms with van der Waals surface area (Å²) in [6, 6.07) is 7.35. The lowest BCUT2D eigenvalue weighted by Gasteiger charge is -2.30. The van der Waals surface area contributed by atoms with Gasteiger partial charge < -0.3 is 10.6 Å². The molecule has 1 aliphatic rings. The Balaban J connectivity index is 1.83. The van der Waals surface area contributed by atoms with Gasteiger partial charge in [0.25, 0.3) is 0 Å². The fourth-order valence-electron chi connectivity index (χ4n) is 2.79. The first kappa shape index (κ1) is 17.2. The minimum Gasteiger partial charge on any atom is -0.360 e. The van der Waals surface area contributed by atoms with Crippen LogP contribution in [0.2, 0.25) is 0 Å². The zero-order chi connectivity index (χ0) is 16.2. The van der Waals surface area contributed by atoms with Crippen molar-refractivity contribution in [2.24, 2.45) is 5.92 Å². The Morgan fingerprint density at radius 1 is 1.23 bits per heavy atom. The smallest absolute Gasteiger partial charge is 0.175 e. The molecule has 4 nitrogen and oxygen atoms in total. The molecule has 1 aromatic carbocycles. The molecule has 0 bridgehead atoms. The van der Waals surface area contributed by atoms with E-state index >= 15 is 0 Å². The third kappa shape index (κ3) is 4.95. The van der Waals surface area contributed by atoms with Crippen LogP contribution in [0.3, 0.4) is 0 Å². The van der Waals surface area contributed by atoms with Crippen LogP contribution in [0.25, 0.3) is 0 Å². The predicted octanol–water partition coefficient (Wildman–Crippen LogP) is 2.63. The van der Waals surface area contributed by atoms with E-state index in [9.17, 15) is 8.42 Å². The Kier molecular flexibility index (Phi) is 5.81. The van der Waals surface area contributed by atoms with Crippen molar-refractivity contribution in [3.63, 3.8) is 0 Å². The minimum absolute atomic E-state index is 0.341. The molecule has 0 radical (unpaired) electrons. The molecule has 1 aliphatic carbocycles. The molecule has 2 rings (SSSR count). The van der Waals surface area contributed by atoms with Crippen molar-refractivity contribution < 1.29 is 8.42 Å². The van der Waals surface area contributed by atoms with E-state index < -0.39 is 9.84 Å². The largest absolute Gasteiger partial charge is 0.360 e. The lowest BCUT2D eigenvalue weighted by atomic mass is 9.86. The lowest BCUT2D eigenvalue weighted by molar-refractivity contribution is 0.308. The van der Waals surface area contributed by atoms with Crippen molar-refractivity contribution in [3.05, 3.63) is 29.8 Å². The summed E-state index contributed by atoms with van der Waals surface area (Å²) in [5.74, 6) is 0.655. The van der Waals surface area contributed by atoms with E-state index in [0.717, 1.165) is 5.56 Å². The molecule has 2 N–H and O–H groups in total. The summed E-state index contributed by atoms with van der Waals surface area (Å²) in [6.45, 7) is 2.86. The van der Waals surface area contributed by atoms with Gasteiger partial charge in [-0.2, -0.15) is 0 Å². The molecule has 0 saturated heterocycles. The zero-order valence-corrected chi connectivity index (χ0v) is 14.8. The van der Waals surface area contributed by atoms with E-state index in [4.69, 9.17) is 12.2 Å². The first-order valence-electron chi connectivity index (χ1n) is 7.69. The maximum Gasteiger partial charge on any atom is 0.175 e. The number of thiocarbonyl (C=S) groups is 1. The third-order valence-electron chi connectivity index (χ3n) is 4.23. The normalized spacial score (nSPS) is 22.1. The van der Waals surface area contributed by atoms with Crippen molar-refractivity contribution in [2.75, 3.05) is 6.26 Å². The molecule has 0 aromatic heterocycles. The lowest BCUT2D eigenvalue weighted by Crippen LogP contribution is -2.45. The molecule has 22 heavy (non-hydrogen) atoms. The van der Waals surface area contributed by atoms with Gasteiger partial charge in [0.2, 0.25) is 0 Å². The summed E-state index contributed by atoms with van der Waals surface area (Å²) >= 11 is 5.35. The van der Waals surface area contributed by atoms with Crippen molar-refractivity contribution in [2.45, 2.75) is 50.1 Å². The summed E-state index contributed by atoms with van der Waals surface area (Å²) in [7, 11) is -3.13. The predicted molar refractivity (Wildman–Crippen MR) is 93.5 cm³/mol. The van der Waals surface area contributed by atoms with Crippen molar-refractivity contribution in [3.8, 4) is 0 Å². The van der Waals surface area contributed by atoms with Crippen LogP contribution in [-0.4, -0.2) is 25.8 Å². The molecular formula is C16H24N2O2S2. The molecule has 0 heterocycles. The van der Waals surface area contributed by atoms with Crippen LogP contribution in [-0.2, 0) is 16.4 Å². The van der Waals surface area contributed by atoms with Gasteiger partial charge in [-0.3, -0.25) is 0 Å². The van der Waals surface area contributed by atoms with Crippen LogP contribution in [0.5, 0.6) is 0 Å². The van der Waals surface area contributed by atoms with E-state index in [0.29, 0.717) is 28.5 Å². The van der Waals surface area contributed by atoms with Gasteiger partial charge in [0.05, 0.1) is 4.90 Å². The number of nitrogens with one attached hydrogen (secondary N) is 2. The van der Waals surface area contributed by atoms with Crippen LogP contribution in [0.1, 0.15) is 38.2 Å². The van der Waals surface area contributed by atoms with Gasteiger partial charge in [0, 0.05) is 18.8 Å². The maximum atomic E-state index is 11.4. The van der Waals surface area contributed by atoms with E-state index in [-0.39, 0.29) is 0 Å². The number of rotatable bonds is 4. The molecule has 1 saturated carbocycles. The standard InChI is InChI=1S/C16H24N2O2S2/c1-12-5-3-4-6-15(12)18-16(21)17-11-13-7-9-14(10-8-13)22(2,19)20/h7-10,12,15H,3-6,11H2,1-2H3,(H2,17,18,21). The Bertz CT molecular complexity index is 612. The van der Waals surface area contributed by atoms with Gasteiger partial charge in [-0.1, -0.05) is 31.9 Å². The fraction of sp³-hybridized carbons (Fsp3) is 0.562. The SMILES string of the molecule is CC1CCCCC1NC(=S)NCc1ccc(S(C)(=O)=O)cc1. The Morgan fingerprint density at radius 2 is 1.86 bits per heavy atom. The van der Waals surface area contributed by atoms with Crippen molar-refractivity contribution >= 4 is 27.2 Å². The Labute approximate surface area is 138 Å². The van der Waals surface area contributed by atoms with Crippen LogP contribution in [0, 0.1) is 5.92 Å². The van der Waals surface area contributed by atoms with Crippen LogP contribution in [0.4, 0.5) is 0 Å². The monoisotopic (exact) mass is 340 g/mol. The highest BCUT2D eigenvalue weighted by molar-refractivity contribution is 7.90. The van der Waals surface area contributed by atoms with E-state index in [1.54, 1.807) is 12.1 Å². The number of hydrogen-bond acceptors (Lipinski definition) is 3. The molecule has 2 atom stereocenters. The third-order valence-corrected chi connectivity index (χ3v) is 5.62. The van der Waals surface area contributed by atoms with E-state index in [2.05, 4.69) is 17.6 Å². The summed E-state index contributed by atoms with van der Waals surface area (Å²) < 4.78 is 22.8. The average Bonchev–Trinajstić information content (AvgIpc) is 2.47. The highest BCUT2D eigenvalue weighted by atomic mass is 32.2. The molecule has 2 unspecified atom stereocenters. The first-order chi connectivity index (χ1) is 10.4. The van der Waals surface area contributed by atoms with Crippen LogP contribution >= 0.6 is 12.2 Å². The summed E-state index contributed by atoms with van der Waals surface area (Å²) in [4.78, 5) is 0.341. The van der Waals surface area contributed by atoms with Gasteiger partial charge >= 0.3 is 0 Å². The summed E-state index contributed by atoms with van der Waals surface area (Å²) in [6.07, 6.45) is 6.22. The quantitative estimate of drug-likeness (QED) is 0.825. The highest BCUT2D eigenvalue weighted by Crippen LogP contribution is 2.23. The molecule has 1 aromatic rings.